The van der Waals surface area contributed by atoms with Crippen molar-refractivity contribution in [2.75, 3.05) is 13.2 Å². The van der Waals surface area contributed by atoms with E-state index in [-0.39, 0.29) is 11.7 Å². The first-order chi connectivity index (χ1) is 10.2. The predicted octanol–water partition coefficient (Wildman–Crippen LogP) is 3.05. The van der Waals surface area contributed by atoms with Crippen LogP contribution in [-0.2, 0) is 0 Å². The Kier molecular flexibility index (Phi) is 3.88. The van der Waals surface area contributed by atoms with Crippen molar-refractivity contribution in [2.45, 2.75) is 26.2 Å². The van der Waals surface area contributed by atoms with Crippen LogP contribution in [0.1, 0.15) is 47.1 Å². The van der Waals surface area contributed by atoms with Crippen molar-refractivity contribution in [3.8, 4) is 11.5 Å². The number of aromatic nitrogens is 2. The largest absolute Gasteiger partial charge is 0.490 e. The van der Waals surface area contributed by atoms with Crippen molar-refractivity contribution in [2.24, 2.45) is 0 Å². The van der Waals surface area contributed by atoms with Crippen LogP contribution in [0.25, 0.3) is 0 Å². The molecule has 0 aliphatic carbocycles. The van der Waals surface area contributed by atoms with Gasteiger partial charge >= 0.3 is 0 Å². The third kappa shape index (κ3) is 2.76. The third-order valence-corrected chi connectivity index (χ3v) is 4.02. The van der Waals surface area contributed by atoms with Gasteiger partial charge < -0.3 is 9.47 Å². The second kappa shape index (κ2) is 5.81. The molecule has 0 saturated heterocycles. The molecule has 0 atom stereocenters. The zero-order valence-corrected chi connectivity index (χ0v) is 12.8. The smallest absolute Gasteiger partial charge is 0.206 e. The van der Waals surface area contributed by atoms with Gasteiger partial charge in [0.1, 0.15) is 4.88 Å². The average molecular weight is 304 g/mol. The van der Waals surface area contributed by atoms with Gasteiger partial charge in [0, 0.05) is 12.0 Å². The molecular weight excluding hydrogens is 288 g/mol. The fourth-order valence-electron chi connectivity index (χ4n) is 2.17. The van der Waals surface area contributed by atoms with E-state index in [1.54, 1.807) is 18.2 Å². The molecule has 0 spiro atoms. The van der Waals surface area contributed by atoms with E-state index in [0.717, 1.165) is 23.6 Å². The predicted molar refractivity (Wildman–Crippen MR) is 79.5 cm³/mol. The van der Waals surface area contributed by atoms with Crippen molar-refractivity contribution in [3.63, 3.8) is 0 Å². The van der Waals surface area contributed by atoms with Gasteiger partial charge in [-0.15, -0.1) is 5.10 Å². The minimum absolute atomic E-state index is 0.0654. The highest BCUT2D eigenvalue weighted by atomic mass is 32.1. The molecule has 0 fully saturated rings. The molecule has 1 aliphatic heterocycles. The van der Waals surface area contributed by atoms with Crippen LogP contribution in [0.2, 0.25) is 0 Å². The Balaban J connectivity index is 1.95. The van der Waals surface area contributed by atoms with E-state index in [9.17, 15) is 4.79 Å². The summed E-state index contributed by atoms with van der Waals surface area (Å²) in [7, 11) is 0. The Morgan fingerprint density at radius 2 is 2.00 bits per heavy atom. The molecule has 110 valence electrons. The zero-order chi connectivity index (χ0) is 14.8. The molecule has 1 aromatic carbocycles. The lowest BCUT2D eigenvalue weighted by atomic mass is 10.0. The maximum absolute atomic E-state index is 12.6. The van der Waals surface area contributed by atoms with Crippen LogP contribution in [0.3, 0.4) is 0 Å². The number of rotatable bonds is 3. The lowest BCUT2D eigenvalue weighted by Gasteiger charge is -2.09. The van der Waals surface area contributed by atoms with Crippen molar-refractivity contribution in [1.29, 1.82) is 0 Å². The topological polar surface area (TPSA) is 61.3 Å². The normalized spacial score (nSPS) is 14.0. The number of carbonyl (C=O) groups excluding carboxylic acids is 1. The quantitative estimate of drug-likeness (QED) is 0.816. The highest BCUT2D eigenvalue weighted by molar-refractivity contribution is 7.08. The number of carbonyl (C=O) groups is 1. The van der Waals surface area contributed by atoms with Crippen molar-refractivity contribution < 1.29 is 14.3 Å². The number of hydrogen-bond acceptors (Lipinski definition) is 6. The number of nitrogens with zero attached hydrogens (tertiary/aromatic N) is 2. The fourth-order valence-corrected chi connectivity index (χ4v) is 2.95. The molecule has 0 unspecified atom stereocenters. The Bertz CT molecular complexity index is 667. The molecule has 3 rings (SSSR count). The van der Waals surface area contributed by atoms with Gasteiger partial charge in [-0.2, -0.15) is 0 Å². The van der Waals surface area contributed by atoms with Gasteiger partial charge in [-0.1, -0.05) is 18.3 Å². The number of benzene rings is 1. The minimum Gasteiger partial charge on any atom is -0.490 e. The van der Waals surface area contributed by atoms with Gasteiger partial charge in [0.25, 0.3) is 0 Å². The van der Waals surface area contributed by atoms with Gasteiger partial charge in [-0.25, -0.2) is 0 Å². The maximum atomic E-state index is 12.6. The molecule has 21 heavy (non-hydrogen) atoms. The van der Waals surface area contributed by atoms with E-state index in [2.05, 4.69) is 9.59 Å². The maximum Gasteiger partial charge on any atom is 0.206 e. The van der Waals surface area contributed by atoms with Crippen LogP contribution in [-0.4, -0.2) is 28.6 Å². The molecule has 0 saturated carbocycles. The number of ether oxygens (including phenoxy) is 2. The molecule has 2 heterocycles. The van der Waals surface area contributed by atoms with Gasteiger partial charge in [0.05, 0.1) is 18.9 Å². The van der Waals surface area contributed by atoms with E-state index in [1.807, 2.05) is 13.8 Å². The second-order valence-electron chi connectivity index (χ2n) is 5.18. The minimum atomic E-state index is -0.0654. The lowest BCUT2D eigenvalue weighted by Crippen LogP contribution is -2.05. The Morgan fingerprint density at radius 3 is 2.76 bits per heavy atom. The Morgan fingerprint density at radius 1 is 1.24 bits per heavy atom. The highest BCUT2D eigenvalue weighted by Crippen LogP contribution is 2.32. The van der Waals surface area contributed by atoms with E-state index in [1.165, 1.54) is 0 Å². The first-order valence-electron chi connectivity index (χ1n) is 6.93. The second-order valence-corrected chi connectivity index (χ2v) is 5.94. The molecule has 2 aromatic rings. The highest BCUT2D eigenvalue weighted by Gasteiger charge is 2.21. The summed E-state index contributed by atoms with van der Waals surface area (Å²) in [6, 6.07) is 5.30. The van der Waals surface area contributed by atoms with Gasteiger partial charge in [0.15, 0.2) is 11.5 Å². The van der Waals surface area contributed by atoms with Crippen molar-refractivity contribution in [3.05, 3.63) is 34.3 Å². The summed E-state index contributed by atoms with van der Waals surface area (Å²) >= 11 is 1.14. The van der Waals surface area contributed by atoms with E-state index < -0.39 is 0 Å². The van der Waals surface area contributed by atoms with E-state index in [4.69, 9.17) is 9.47 Å². The monoisotopic (exact) mass is 304 g/mol. The lowest BCUT2D eigenvalue weighted by molar-refractivity contribution is 0.104. The third-order valence-electron chi connectivity index (χ3n) is 3.28. The van der Waals surface area contributed by atoms with Gasteiger partial charge in [0.2, 0.25) is 5.78 Å². The van der Waals surface area contributed by atoms with Crippen LogP contribution in [0, 0.1) is 0 Å². The zero-order valence-electron chi connectivity index (χ0n) is 12.0. The van der Waals surface area contributed by atoms with Crippen molar-refractivity contribution in [1.82, 2.24) is 9.59 Å². The number of ketones is 1. The molecule has 5 nitrogen and oxygen atoms in total. The van der Waals surface area contributed by atoms with Gasteiger partial charge in [-0.05, 0) is 35.6 Å². The number of fused-ring (bicyclic) bond motifs is 1. The molecule has 1 aliphatic rings. The fraction of sp³-hybridized carbons (Fsp3) is 0.400. The molecule has 0 bridgehead atoms. The van der Waals surface area contributed by atoms with Crippen LogP contribution < -0.4 is 9.47 Å². The molecule has 1 aromatic heterocycles. The van der Waals surface area contributed by atoms with Crippen LogP contribution >= 0.6 is 11.5 Å². The summed E-state index contributed by atoms with van der Waals surface area (Å²) in [6.45, 7) is 5.24. The van der Waals surface area contributed by atoms with Crippen LogP contribution in [0.5, 0.6) is 11.5 Å². The average Bonchev–Trinajstić information content (AvgIpc) is 2.85. The summed E-state index contributed by atoms with van der Waals surface area (Å²) in [5, 5.41) is 4.06. The molecule has 0 amide bonds. The summed E-state index contributed by atoms with van der Waals surface area (Å²) in [5.41, 5.74) is 1.32. The van der Waals surface area contributed by atoms with Gasteiger partial charge in [-0.3, -0.25) is 4.79 Å². The summed E-state index contributed by atoms with van der Waals surface area (Å²) in [6.07, 6.45) is 0.841. The van der Waals surface area contributed by atoms with E-state index >= 15 is 0 Å². The Labute approximate surface area is 127 Å². The summed E-state index contributed by atoms with van der Waals surface area (Å²) in [4.78, 5) is 13.2. The van der Waals surface area contributed by atoms with Crippen LogP contribution in [0.15, 0.2) is 18.2 Å². The molecule has 0 N–H and O–H groups in total. The molecule has 0 radical (unpaired) electrons. The first kappa shape index (κ1) is 14.0. The Hall–Kier alpha value is -1.95. The van der Waals surface area contributed by atoms with Crippen molar-refractivity contribution >= 4 is 17.3 Å². The van der Waals surface area contributed by atoms with Crippen LogP contribution in [0.4, 0.5) is 0 Å². The standard InChI is InChI=1S/C15H16N2O3S/c1-9(2)13-15(21-17-16-13)14(18)10-4-5-11-12(8-10)20-7-3-6-19-11/h4-5,8-9H,3,6-7H2,1-2H3. The summed E-state index contributed by atoms with van der Waals surface area (Å²) in [5.74, 6) is 1.42. The summed E-state index contributed by atoms with van der Waals surface area (Å²) < 4.78 is 15.1. The SMILES string of the molecule is CC(C)c1nnsc1C(=O)c1ccc2c(c1)OCCCO2. The molecular formula is C15H16N2O3S. The first-order valence-corrected chi connectivity index (χ1v) is 7.70. The van der Waals surface area contributed by atoms with E-state index in [0.29, 0.717) is 35.2 Å². The molecule has 6 heteroatoms. The number of hydrogen-bond donors (Lipinski definition) is 0.